The number of thioether (sulfide) groups is 1. The molecule has 0 N–H and O–H groups in total. The van der Waals surface area contributed by atoms with Gasteiger partial charge in [0.05, 0.1) is 6.04 Å². The van der Waals surface area contributed by atoms with Crippen LogP contribution in [0.2, 0.25) is 10.0 Å². The van der Waals surface area contributed by atoms with Gasteiger partial charge in [-0.3, -0.25) is 4.79 Å². The molecule has 3 nitrogen and oxygen atoms in total. The fraction of sp³-hybridized carbons (Fsp3) is 0.480. The van der Waals surface area contributed by atoms with E-state index in [4.69, 9.17) is 27.9 Å². The number of carbonyl (C=O) groups is 1. The molecule has 2 aromatic carbocycles. The van der Waals surface area contributed by atoms with Gasteiger partial charge < -0.3 is 9.64 Å². The lowest BCUT2D eigenvalue weighted by Gasteiger charge is -2.45. The van der Waals surface area contributed by atoms with Gasteiger partial charge in [0.25, 0.3) is 0 Å². The van der Waals surface area contributed by atoms with Gasteiger partial charge in [-0.15, -0.1) is 0 Å². The van der Waals surface area contributed by atoms with Crippen LogP contribution in [0.1, 0.15) is 57.4 Å². The average Bonchev–Trinajstić information content (AvgIpc) is 2.75. The zero-order chi connectivity index (χ0) is 22.5. The van der Waals surface area contributed by atoms with Crippen LogP contribution in [0.15, 0.2) is 48.5 Å². The summed E-state index contributed by atoms with van der Waals surface area (Å²) < 4.78 is 6.13. The number of nitrogens with zero attached hydrogens (tertiary/aromatic N) is 1. The number of hydrogen-bond acceptors (Lipinski definition) is 3. The van der Waals surface area contributed by atoms with Crippen molar-refractivity contribution in [3.05, 3.63) is 69.7 Å². The highest BCUT2D eigenvalue weighted by Crippen LogP contribution is 2.43. The molecule has 0 saturated carbocycles. The predicted octanol–water partition coefficient (Wildman–Crippen LogP) is 7.19. The number of halogens is 2. The van der Waals surface area contributed by atoms with E-state index in [9.17, 15) is 4.79 Å². The molecule has 1 amide bonds. The Balaban J connectivity index is 2.00. The lowest BCUT2D eigenvalue weighted by molar-refractivity contribution is -0.162. The Morgan fingerprint density at radius 2 is 1.77 bits per heavy atom. The van der Waals surface area contributed by atoms with Gasteiger partial charge >= 0.3 is 0 Å². The quantitative estimate of drug-likeness (QED) is 0.401. The fourth-order valence-corrected chi connectivity index (χ4v) is 5.50. The molecule has 2 aromatic rings. The molecule has 3 rings (SSSR count). The second kappa shape index (κ2) is 11.1. The summed E-state index contributed by atoms with van der Waals surface area (Å²) in [6.45, 7) is 8.96. The molecule has 6 heteroatoms. The summed E-state index contributed by atoms with van der Waals surface area (Å²) in [5.74, 6) is 1.52. The Labute approximate surface area is 200 Å². The third kappa shape index (κ3) is 5.98. The topological polar surface area (TPSA) is 29.5 Å². The average molecular weight is 481 g/mol. The SMILES string of the molecule is CC[C@@H](CS[C@H](C)C(C)C)N1C(=O)CO[C@H](c2cccc(Cl)c2)[C@H]1c1ccc(Cl)cc1. The molecule has 1 saturated heterocycles. The van der Waals surface area contributed by atoms with Crippen molar-refractivity contribution >= 4 is 40.9 Å². The number of amides is 1. The van der Waals surface area contributed by atoms with Gasteiger partial charge in [-0.05, 0) is 47.7 Å². The number of carbonyl (C=O) groups excluding carboxylic acids is 1. The normalized spacial score (nSPS) is 21.4. The molecule has 168 valence electrons. The van der Waals surface area contributed by atoms with Gasteiger partial charge in [0.15, 0.2) is 0 Å². The summed E-state index contributed by atoms with van der Waals surface area (Å²) in [6.07, 6.45) is 0.592. The van der Waals surface area contributed by atoms with Crippen LogP contribution < -0.4 is 0 Å². The number of benzene rings is 2. The van der Waals surface area contributed by atoms with Crippen LogP contribution in [0.25, 0.3) is 0 Å². The Morgan fingerprint density at radius 3 is 2.39 bits per heavy atom. The molecule has 1 aliphatic heterocycles. The maximum atomic E-state index is 13.2. The van der Waals surface area contributed by atoms with Crippen LogP contribution in [0, 0.1) is 5.92 Å². The van der Waals surface area contributed by atoms with E-state index in [-0.39, 0.29) is 30.7 Å². The van der Waals surface area contributed by atoms with Gasteiger partial charge in [-0.2, -0.15) is 11.8 Å². The highest BCUT2D eigenvalue weighted by molar-refractivity contribution is 7.99. The van der Waals surface area contributed by atoms with Crippen molar-refractivity contribution in [3.63, 3.8) is 0 Å². The van der Waals surface area contributed by atoms with Crippen molar-refractivity contribution in [2.75, 3.05) is 12.4 Å². The minimum Gasteiger partial charge on any atom is -0.361 e. The van der Waals surface area contributed by atoms with Crippen LogP contribution >= 0.6 is 35.0 Å². The first-order valence-electron chi connectivity index (χ1n) is 10.9. The number of hydrogen-bond donors (Lipinski definition) is 0. The van der Waals surface area contributed by atoms with E-state index >= 15 is 0 Å². The molecule has 0 aromatic heterocycles. The Kier molecular flexibility index (Phi) is 8.74. The molecular weight excluding hydrogens is 449 g/mol. The van der Waals surface area contributed by atoms with Gasteiger partial charge in [0.1, 0.15) is 12.7 Å². The molecule has 1 fully saturated rings. The fourth-order valence-electron chi connectivity index (χ4n) is 3.87. The molecule has 0 unspecified atom stereocenters. The van der Waals surface area contributed by atoms with Crippen molar-refractivity contribution in [2.24, 2.45) is 5.92 Å². The minimum absolute atomic E-state index is 0.0304. The zero-order valence-corrected chi connectivity index (χ0v) is 20.9. The largest absolute Gasteiger partial charge is 0.361 e. The number of ether oxygens (including phenoxy) is 1. The number of morpholine rings is 1. The van der Waals surface area contributed by atoms with E-state index < -0.39 is 0 Å². The van der Waals surface area contributed by atoms with Gasteiger partial charge in [-0.1, -0.05) is 75.2 Å². The molecule has 0 bridgehead atoms. The Bertz CT molecular complexity index is 874. The second-order valence-electron chi connectivity index (χ2n) is 8.43. The first-order chi connectivity index (χ1) is 14.8. The van der Waals surface area contributed by atoms with Gasteiger partial charge in [-0.25, -0.2) is 0 Å². The predicted molar refractivity (Wildman–Crippen MR) is 132 cm³/mol. The first-order valence-corrected chi connectivity index (χ1v) is 12.7. The van der Waals surface area contributed by atoms with Crippen LogP contribution in [0.4, 0.5) is 0 Å². The molecule has 4 atom stereocenters. The molecule has 0 aliphatic carbocycles. The monoisotopic (exact) mass is 479 g/mol. The summed E-state index contributed by atoms with van der Waals surface area (Å²) in [6, 6.07) is 15.3. The van der Waals surface area contributed by atoms with Gasteiger partial charge in [0.2, 0.25) is 5.91 Å². The van der Waals surface area contributed by atoms with E-state index in [1.165, 1.54) is 0 Å². The first kappa shape index (κ1) is 24.4. The van der Waals surface area contributed by atoms with Crippen LogP contribution in [-0.4, -0.2) is 34.5 Å². The number of rotatable bonds is 8. The molecular formula is C25H31Cl2NO2S. The van der Waals surface area contributed by atoms with Crippen molar-refractivity contribution < 1.29 is 9.53 Å². The van der Waals surface area contributed by atoms with Crippen molar-refractivity contribution in [3.8, 4) is 0 Å². The van der Waals surface area contributed by atoms with E-state index in [1.807, 2.05) is 60.3 Å². The third-order valence-electron chi connectivity index (χ3n) is 6.00. The Hall–Kier alpha value is -1.20. The summed E-state index contributed by atoms with van der Waals surface area (Å²) in [5, 5.41) is 1.86. The van der Waals surface area contributed by atoms with Crippen LogP contribution in [0.3, 0.4) is 0 Å². The lowest BCUT2D eigenvalue weighted by Crippen LogP contribution is -2.51. The Morgan fingerprint density at radius 1 is 1.06 bits per heavy atom. The summed E-state index contributed by atoms with van der Waals surface area (Å²) in [5.41, 5.74) is 1.99. The summed E-state index contributed by atoms with van der Waals surface area (Å²) in [4.78, 5) is 15.3. The molecule has 31 heavy (non-hydrogen) atoms. The van der Waals surface area contributed by atoms with E-state index in [0.29, 0.717) is 21.2 Å². The lowest BCUT2D eigenvalue weighted by atomic mass is 9.91. The molecule has 0 spiro atoms. The summed E-state index contributed by atoms with van der Waals surface area (Å²) in [7, 11) is 0. The van der Waals surface area contributed by atoms with Crippen LogP contribution in [-0.2, 0) is 9.53 Å². The standard InChI is InChI=1S/C25H31Cl2NO2S/c1-5-22(15-31-17(4)16(2)3)28-23(29)14-30-25(19-7-6-8-21(27)13-19)24(28)18-9-11-20(26)12-10-18/h6-13,16-17,22,24-25H,5,14-15H2,1-4H3/t17-,22+,24-,25-/m1/s1. The smallest absolute Gasteiger partial charge is 0.249 e. The van der Waals surface area contributed by atoms with E-state index in [0.717, 1.165) is 23.3 Å². The maximum Gasteiger partial charge on any atom is 0.249 e. The minimum atomic E-state index is -0.292. The van der Waals surface area contributed by atoms with Crippen molar-refractivity contribution in [2.45, 2.75) is 57.6 Å². The highest BCUT2D eigenvalue weighted by atomic mass is 35.5. The maximum absolute atomic E-state index is 13.2. The molecule has 0 radical (unpaired) electrons. The van der Waals surface area contributed by atoms with E-state index in [1.54, 1.807) is 0 Å². The van der Waals surface area contributed by atoms with Crippen molar-refractivity contribution in [1.29, 1.82) is 0 Å². The summed E-state index contributed by atoms with van der Waals surface area (Å²) >= 11 is 14.4. The molecule has 1 heterocycles. The highest BCUT2D eigenvalue weighted by Gasteiger charge is 2.41. The molecule has 1 aliphatic rings. The van der Waals surface area contributed by atoms with E-state index in [2.05, 4.69) is 32.6 Å². The van der Waals surface area contributed by atoms with Gasteiger partial charge in [0, 0.05) is 27.1 Å². The zero-order valence-electron chi connectivity index (χ0n) is 18.6. The van der Waals surface area contributed by atoms with Crippen molar-refractivity contribution in [1.82, 2.24) is 4.90 Å². The second-order valence-corrected chi connectivity index (χ2v) is 10.7. The van der Waals surface area contributed by atoms with Crippen LogP contribution in [0.5, 0.6) is 0 Å². The third-order valence-corrected chi connectivity index (χ3v) is 8.14.